The van der Waals surface area contributed by atoms with Crippen molar-refractivity contribution in [2.45, 2.75) is 0 Å². The number of rotatable bonds is 2. The van der Waals surface area contributed by atoms with Crippen molar-refractivity contribution in [3.05, 3.63) is 36.4 Å². The van der Waals surface area contributed by atoms with Crippen molar-refractivity contribution in [3.8, 4) is 0 Å². The summed E-state index contributed by atoms with van der Waals surface area (Å²) in [6.07, 6.45) is 4.86. The van der Waals surface area contributed by atoms with Gasteiger partial charge in [-0.05, 0) is 12.1 Å². The second-order valence-electron chi connectivity index (χ2n) is 3.04. The summed E-state index contributed by atoms with van der Waals surface area (Å²) >= 11 is 0. The Labute approximate surface area is 89.9 Å². The highest BCUT2D eigenvalue weighted by atomic mass is 15.4. The molecule has 0 saturated carbocycles. The highest BCUT2D eigenvalue weighted by molar-refractivity contribution is 5.78. The summed E-state index contributed by atoms with van der Waals surface area (Å²) in [4.78, 5) is 12.2. The summed E-state index contributed by atoms with van der Waals surface area (Å²) in [6.45, 7) is 0. The monoisotopic (exact) mass is 213 g/mol. The molecule has 78 valence electrons. The normalized spacial score (nSPS) is 11.5. The molecule has 0 aliphatic heterocycles. The van der Waals surface area contributed by atoms with Crippen LogP contribution in [0.15, 0.2) is 35.7 Å². The average molecular weight is 213 g/mol. The van der Waals surface area contributed by atoms with Gasteiger partial charge in [0, 0.05) is 6.20 Å². The van der Waals surface area contributed by atoms with Gasteiger partial charge in [-0.15, -0.1) is 10.2 Å². The van der Waals surface area contributed by atoms with E-state index in [0.717, 1.165) is 5.69 Å². The molecule has 3 heterocycles. The Morgan fingerprint density at radius 3 is 3.12 bits per heavy atom. The standard InChI is InChI=1S/C9H7N7/c1-2-4-10-7(3-1)5-11-8-14-15-9-12-6-13-16(8)9/h1-6H,(H,12,13,15). The van der Waals surface area contributed by atoms with Crippen LogP contribution in [0.4, 0.5) is 5.95 Å². The highest BCUT2D eigenvalue weighted by Gasteiger charge is 2.03. The first-order valence-corrected chi connectivity index (χ1v) is 4.63. The third-order valence-electron chi connectivity index (χ3n) is 2.00. The smallest absolute Gasteiger partial charge is 0.273 e. The topological polar surface area (TPSA) is 84.1 Å². The molecule has 0 radical (unpaired) electrons. The summed E-state index contributed by atoms with van der Waals surface area (Å²) in [5.41, 5.74) is 0.763. The molecule has 7 nitrogen and oxygen atoms in total. The molecular weight excluding hydrogens is 206 g/mol. The first-order chi connectivity index (χ1) is 7.93. The average Bonchev–Trinajstić information content (AvgIpc) is 2.90. The molecule has 0 saturated heterocycles. The highest BCUT2D eigenvalue weighted by Crippen LogP contribution is 2.06. The van der Waals surface area contributed by atoms with Crippen molar-refractivity contribution in [1.29, 1.82) is 0 Å². The van der Waals surface area contributed by atoms with Crippen molar-refractivity contribution in [2.75, 3.05) is 0 Å². The van der Waals surface area contributed by atoms with Crippen LogP contribution < -0.4 is 0 Å². The fraction of sp³-hybridized carbons (Fsp3) is 0. The zero-order valence-corrected chi connectivity index (χ0v) is 8.15. The summed E-state index contributed by atoms with van der Waals surface area (Å²) < 4.78 is 1.58. The van der Waals surface area contributed by atoms with E-state index >= 15 is 0 Å². The van der Waals surface area contributed by atoms with E-state index in [0.29, 0.717) is 11.7 Å². The van der Waals surface area contributed by atoms with Gasteiger partial charge in [0.15, 0.2) is 0 Å². The molecule has 0 aliphatic rings. The molecule has 0 aliphatic carbocycles. The molecule has 0 atom stereocenters. The lowest BCUT2D eigenvalue weighted by atomic mass is 10.4. The molecule has 3 aromatic rings. The van der Waals surface area contributed by atoms with E-state index in [1.165, 1.54) is 6.33 Å². The number of aliphatic imine (C=N–C) groups is 1. The van der Waals surface area contributed by atoms with Gasteiger partial charge in [0.05, 0.1) is 11.9 Å². The van der Waals surface area contributed by atoms with Gasteiger partial charge in [0.25, 0.3) is 11.7 Å². The van der Waals surface area contributed by atoms with Crippen molar-refractivity contribution >= 4 is 17.9 Å². The predicted octanol–water partition coefficient (Wildman–Crippen LogP) is 0.598. The second kappa shape index (κ2) is 3.54. The van der Waals surface area contributed by atoms with Gasteiger partial charge in [0.2, 0.25) is 0 Å². The number of nitrogens with zero attached hydrogens (tertiary/aromatic N) is 6. The second-order valence-corrected chi connectivity index (χ2v) is 3.04. The minimum Gasteiger partial charge on any atom is -0.278 e. The number of hydrogen-bond acceptors (Lipinski definition) is 5. The van der Waals surface area contributed by atoms with Crippen LogP contribution in [0.3, 0.4) is 0 Å². The summed E-state index contributed by atoms with van der Waals surface area (Å²) in [5, 5.41) is 10.5. The van der Waals surface area contributed by atoms with Crippen LogP contribution in [0, 0.1) is 0 Å². The Hall–Kier alpha value is -2.57. The molecule has 1 N–H and O–H groups in total. The number of nitrogens with one attached hydrogen (secondary N) is 1. The van der Waals surface area contributed by atoms with E-state index in [9.17, 15) is 0 Å². The first kappa shape index (κ1) is 8.72. The van der Waals surface area contributed by atoms with E-state index in [1.807, 2.05) is 18.2 Å². The molecule has 7 heteroatoms. The molecule has 0 aromatic carbocycles. The Kier molecular flexibility index (Phi) is 1.93. The van der Waals surface area contributed by atoms with Gasteiger partial charge in [-0.3, -0.25) is 10.1 Å². The van der Waals surface area contributed by atoms with Crippen molar-refractivity contribution in [1.82, 2.24) is 29.8 Å². The third kappa shape index (κ3) is 1.44. The lowest BCUT2D eigenvalue weighted by molar-refractivity contribution is 0.950. The van der Waals surface area contributed by atoms with Gasteiger partial charge in [0.1, 0.15) is 6.33 Å². The van der Waals surface area contributed by atoms with Crippen LogP contribution in [0.25, 0.3) is 5.78 Å². The summed E-state index contributed by atoms with van der Waals surface area (Å²) in [6, 6.07) is 5.60. The SMILES string of the molecule is C(=Nc1nnc2nc[nH]n12)c1ccccn1. The third-order valence-corrected chi connectivity index (χ3v) is 2.00. The number of aromatic nitrogens is 6. The van der Waals surface area contributed by atoms with Gasteiger partial charge in [-0.1, -0.05) is 6.07 Å². The Bertz CT molecular complexity index is 621. The van der Waals surface area contributed by atoms with Crippen molar-refractivity contribution < 1.29 is 0 Å². The van der Waals surface area contributed by atoms with Gasteiger partial charge < -0.3 is 0 Å². The van der Waals surface area contributed by atoms with Crippen LogP contribution in [0.5, 0.6) is 0 Å². The molecule has 3 rings (SSSR count). The van der Waals surface area contributed by atoms with E-state index < -0.39 is 0 Å². The lowest BCUT2D eigenvalue weighted by Crippen LogP contribution is -1.87. The van der Waals surface area contributed by atoms with E-state index in [-0.39, 0.29) is 0 Å². The summed E-state index contributed by atoms with van der Waals surface area (Å²) in [7, 11) is 0. The molecular formula is C9H7N7. The Morgan fingerprint density at radius 2 is 2.25 bits per heavy atom. The Balaban J connectivity index is 1.96. The minimum atomic E-state index is 0.443. The van der Waals surface area contributed by atoms with E-state index in [1.54, 1.807) is 16.9 Å². The number of aromatic amines is 1. The maximum absolute atomic E-state index is 4.17. The Morgan fingerprint density at radius 1 is 1.25 bits per heavy atom. The molecule has 0 unspecified atom stereocenters. The zero-order chi connectivity index (χ0) is 10.8. The summed E-state index contributed by atoms with van der Waals surface area (Å²) in [5.74, 6) is 0.936. The van der Waals surface area contributed by atoms with Gasteiger partial charge >= 0.3 is 0 Å². The number of hydrogen-bond donors (Lipinski definition) is 1. The van der Waals surface area contributed by atoms with E-state index in [2.05, 4.69) is 30.3 Å². The molecule has 0 bridgehead atoms. The molecule has 0 spiro atoms. The largest absolute Gasteiger partial charge is 0.278 e. The van der Waals surface area contributed by atoms with Crippen LogP contribution in [0.2, 0.25) is 0 Å². The van der Waals surface area contributed by atoms with Crippen LogP contribution >= 0.6 is 0 Å². The quantitative estimate of drug-likeness (QED) is 0.631. The number of H-pyrrole nitrogens is 1. The maximum atomic E-state index is 4.17. The molecule has 0 fully saturated rings. The lowest BCUT2D eigenvalue weighted by Gasteiger charge is -1.89. The van der Waals surface area contributed by atoms with Crippen molar-refractivity contribution in [3.63, 3.8) is 0 Å². The molecule has 16 heavy (non-hydrogen) atoms. The van der Waals surface area contributed by atoms with Gasteiger partial charge in [-0.2, -0.15) is 9.50 Å². The number of fused-ring (bicyclic) bond motifs is 1. The molecule has 3 aromatic heterocycles. The zero-order valence-electron chi connectivity index (χ0n) is 8.15. The fourth-order valence-electron chi connectivity index (χ4n) is 1.27. The predicted molar refractivity (Wildman–Crippen MR) is 56.6 cm³/mol. The maximum Gasteiger partial charge on any atom is 0.273 e. The van der Waals surface area contributed by atoms with Crippen molar-refractivity contribution in [2.24, 2.45) is 4.99 Å². The number of pyridine rings is 1. The molecule has 0 amide bonds. The van der Waals surface area contributed by atoms with E-state index in [4.69, 9.17) is 0 Å². The van der Waals surface area contributed by atoms with Crippen LogP contribution in [-0.2, 0) is 0 Å². The fourth-order valence-corrected chi connectivity index (χ4v) is 1.27. The van der Waals surface area contributed by atoms with Gasteiger partial charge in [-0.25, -0.2) is 4.99 Å². The minimum absolute atomic E-state index is 0.443. The first-order valence-electron chi connectivity index (χ1n) is 4.63. The van der Waals surface area contributed by atoms with Crippen LogP contribution in [0.1, 0.15) is 5.69 Å². The van der Waals surface area contributed by atoms with Crippen LogP contribution in [-0.4, -0.2) is 36.0 Å².